The van der Waals surface area contributed by atoms with Gasteiger partial charge in [-0.25, -0.2) is 8.42 Å². The maximum absolute atomic E-state index is 12.8. The van der Waals surface area contributed by atoms with Gasteiger partial charge in [0.05, 0.1) is 17.6 Å². The Balaban J connectivity index is 2.11. The van der Waals surface area contributed by atoms with Crippen LogP contribution in [0.3, 0.4) is 0 Å². The topological polar surface area (TPSA) is 66.1 Å². The zero-order valence-corrected chi connectivity index (χ0v) is 12.4. The molecular formula is C14H17N3O2S. The standard InChI is InChI=1S/C14H17N3O2S/c1-10-5-6-13-12(8-10)4-3-7-17(13)20(18,19)14-9-15-16-11(14)2/h5-6,8-9H,3-4,7H2,1-2H3,(H,15,16). The van der Waals surface area contributed by atoms with Gasteiger partial charge in [-0.1, -0.05) is 17.7 Å². The van der Waals surface area contributed by atoms with E-state index < -0.39 is 10.0 Å². The fraction of sp³-hybridized carbons (Fsp3) is 0.357. The second kappa shape index (κ2) is 4.63. The number of aromatic nitrogens is 2. The SMILES string of the molecule is Cc1ccc2c(c1)CCCN2S(=O)(=O)c1cn[nH]c1C. The molecular weight excluding hydrogens is 274 g/mol. The van der Waals surface area contributed by atoms with Crippen molar-refractivity contribution in [1.82, 2.24) is 10.2 Å². The minimum absolute atomic E-state index is 0.255. The van der Waals surface area contributed by atoms with Gasteiger partial charge in [-0.3, -0.25) is 9.40 Å². The Morgan fingerprint density at radius 1 is 1.30 bits per heavy atom. The maximum atomic E-state index is 12.8. The molecule has 0 fully saturated rings. The summed E-state index contributed by atoms with van der Waals surface area (Å²) >= 11 is 0. The summed E-state index contributed by atoms with van der Waals surface area (Å²) in [6.45, 7) is 4.26. The number of aryl methyl sites for hydroxylation is 3. The van der Waals surface area contributed by atoms with E-state index in [1.165, 1.54) is 10.5 Å². The highest BCUT2D eigenvalue weighted by Gasteiger charge is 2.30. The van der Waals surface area contributed by atoms with E-state index in [9.17, 15) is 8.42 Å². The van der Waals surface area contributed by atoms with E-state index >= 15 is 0 Å². The van der Waals surface area contributed by atoms with Crippen LogP contribution in [0.5, 0.6) is 0 Å². The molecule has 2 heterocycles. The highest BCUT2D eigenvalue weighted by molar-refractivity contribution is 7.92. The molecule has 1 aliphatic heterocycles. The molecule has 1 aliphatic rings. The molecule has 0 saturated carbocycles. The van der Waals surface area contributed by atoms with Crippen LogP contribution in [0.1, 0.15) is 23.2 Å². The quantitative estimate of drug-likeness (QED) is 0.922. The van der Waals surface area contributed by atoms with Crippen LogP contribution in [0.25, 0.3) is 0 Å². The lowest BCUT2D eigenvalue weighted by atomic mass is 10.0. The van der Waals surface area contributed by atoms with Crippen molar-refractivity contribution < 1.29 is 8.42 Å². The van der Waals surface area contributed by atoms with Crippen LogP contribution in [0.2, 0.25) is 0 Å². The average molecular weight is 291 g/mol. The number of benzene rings is 1. The fourth-order valence-electron chi connectivity index (χ4n) is 2.66. The molecule has 0 radical (unpaired) electrons. The molecule has 0 spiro atoms. The largest absolute Gasteiger partial charge is 0.281 e. The summed E-state index contributed by atoms with van der Waals surface area (Å²) in [6, 6.07) is 5.92. The molecule has 0 amide bonds. The molecule has 6 heteroatoms. The van der Waals surface area contributed by atoms with Crippen molar-refractivity contribution in [3.05, 3.63) is 41.2 Å². The summed E-state index contributed by atoms with van der Waals surface area (Å²) in [4.78, 5) is 0.255. The summed E-state index contributed by atoms with van der Waals surface area (Å²) in [7, 11) is -3.54. The number of nitrogens with one attached hydrogen (secondary N) is 1. The van der Waals surface area contributed by atoms with Crippen LogP contribution in [0.4, 0.5) is 5.69 Å². The lowest BCUT2D eigenvalue weighted by Gasteiger charge is -2.30. The summed E-state index contributed by atoms with van der Waals surface area (Å²) in [5.41, 5.74) is 3.62. The van der Waals surface area contributed by atoms with Crippen molar-refractivity contribution in [3.8, 4) is 0 Å². The number of anilines is 1. The number of nitrogens with zero attached hydrogens (tertiary/aromatic N) is 2. The zero-order valence-electron chi connectivity index (χ0n) is 11.5. The second-order valence-electron chi connectivity index (χ2n) is 5.17. The van der Waals surface area contributed by atoms with E-state index in [0.29, 0.717) is 12.2 Å². The van der Waals surface area contributed by atoms with Crippen LogP contribution in [-0.2, 0) is 16.4 Å². The predicted octanol–water partition coefficient (Wildman–Crippen LogP) is 2.17. The highest BCUT2D eigenvalue weighted by Crippen LogP contribution is 2.32. The Labute approximate surface area is 118 Å². The third kappa shape index (κ3) is 2.00. The number of hydrogen-bond acceptors (Lipinski definition) is 3. The third-order valence-corrected chi connectivity index (χ3v) is 5.59. The van der Waals surface area contributed by atoms with Gasteiger partial charge in [0.25, 0.3) is 10.0 Å². The normalized spacial score (nSPS) is 15.2. The van der Waals surface area contributed by atoms with Crippen molar-refractivity contribution in [2.45, 2.75) is 31.6 Å². The number of rotatable bonds is 2. The third-order valence-electron chi connectivity index (χ3n) is 3.66. The number of aromatic amines is 1. The average Bonchev–Trinajstić information content (AvgIpc) is 2.84. The zero-order chi connectivity index (χ0) is 14.3. The molecule has 3 rings (SSSR count). The summed E-state index contributed by atoms with van der Waals surface area (Å²) in [6.07, 6.45) is 3.15. The van der Waals surface area contributed by atoms with Crippen LogP contribution in [0.15, 0.2) is 29.3 Å². The van der Waals surface area contributed by atoms with Gasteiger partial charge in [0.2, 0.25) is 0 Å². The van der Waals surface area contributed by atoms with Gasteiger partial charge >= 0.3 is 0 Å². The fourth-order valence-corrected chi connectivity index (χ4v) is 4.32. The van der Waals surface area contributed by atoms with Crippen LogP contribution >= 0.6 is 0 Å². The molecule has 0 saturated heterocycles. The first-order valence-corrected chi connectivity index (χ1v) is 8.06. The Bertz CT molecular complexity index is 750. The highest BCUT2D eigenvalue weighted by atomic mass is 32.2. The molecule has 0 bridgehead atoms. The molecule has 0 aliphatic carbocycles. The minimum Gasteiger partial charge on any atom is -0.281 e. The molecule has 20 heavy (non-hydrogen) atoms. The van der Waals surface area contributed by atoms with E-state index in [1.54, 1.807) is 6.92 Å². The van der Waals surface area contributed by atoms with E-state index in [2.05, 4.69) is 16.3 Å². The summed E-state index contributed by atoms with van der Waals surface area (Å²) in [5, 5.41) is 6.51. The monoisotopic (exact) mass is 291 g/mol. The first kappa shape index (κ1) is 13.2. The van der Waals surface area contributed by atoms with Crippen molar-refractivity contribution in [2.24, 2.45) is 0 Å². The number of fused-ring (bicyclic) bond motifs is 1. The van der Waals surface area contributed by atoms with Crippen molar-refractivity contribution in [1.29, 1.82) is 0 Å². The maximum Gasteiger partial charge on any atom is 0.267 e. The molecule has 2 aromatic rings. The lowest BCUT2D eigenvalue weighted by molar-refractivity contribution is 0.586. The van der Waals surface area contributed by atoms with Gasteiger partial charge in [-0.05, 0) is 38.3 Å². The molecule has 106 valence electrons. The smallest absolute Gasteiger partial charge is 0.267 e. The van der Waals surface area contributed by atoms with Crippen LogP contribution < -0.4 is 4.31 Å². The summed E-state index contributed by atoms with van der Waals surface area (Å²) < 4.78 is 27.1. The van der Waals surface area contributed by atoms with E-state index in [1.807, 2.05) is 19.1 Å². The Morgan fingerprint density at radius 3 is 2.80 bits per heavy atom. The first-order valence-electron chi connectivity index (χ1n) is 6.62. The van der Waals surface area contributed by atoms with Gasteiger partial charge in [0, 0.05) is 6.54 Å². The molecule has 1 aromatic heterocycles. The molecule has 1 aromatic carbocycles. The van der Waals surface area contributed by atoms with Crippen molar-refractivity contribution in [2.75, 3.05) is 10.8 Å². The molecule has 0 unspecified atom stereocenters. The lowest BCUT2D eigenvalue weighted by Crippen LogP contribution is -2.35. The number of H-pyrrole nitrogens is 1. The van der Waals surface area contributed by atoms with Gasteiger partial charge in [0.15, 0.2) is 0 Å². The van der Waals surface area contributed by atoms with Gasteiger partial charge in [-0.15, -0.1) is 0 Å². The Kier molecular flexibility index (Phi) is 3.05. The van der Waals surface area contributed by atoms with E-state index in [4.69, 9.17) is 0 Å². The molecule has 1 N–H and O–H groups in total. The predicted molar refractivity (Wildman–Crippen MR) is 77.4 cm³/mol. The van der Waals surface area contributed by atoms with Gasteiger partial charge in [-0.2, -0.15) is 5.10 Å². The number of hydrogen-bond donors (Lipinski definition) is 1. The number of sulfonamides is 1. The van der Waals surface area contributed by atoms with Crippen LogP contribution in [0, 0.1) is 13.8 Å². The van der Waals surface area contributed by atoms with E-state index in [-0.39, 0.29) is 4.90 Å². The minimum atomic E-state index is -3.54. The summed E-state index contributed by atoms with van der Waals surface area (Å²) in [5.74, 6) is 0. The van der Waals surface area contributed by atoms with Crippen molar-refractivity contribution in [3.63, 3.8) is 0 Å². The first-order chi connectivity index (χ1) is 9.50. The van der Waals surface area contributed by atoms with Crippen molar-refractivity contribution >= 4 is 15.7 Å². The Morgan fingerprint density at radius 2 is 2.10 bits per heavy atom. The van der Waals surface area contributed by atoms with Crippen LogP contribution in [-0.4, -0.2) is 25.2 Å². The second-order valence-corrected chi connectivity index (χ2v) is 7.00. The van der Waals surface area contributed by atoms with E-state index in [0.717, 1.165) is 29.7 Å². The molecule has 0 atom stereocenters. The molecule has 5 nitrogen and oxygen atoms in total. The van der Waals surface area contributed by atoms with Gasteiger partial charge in [0.1, 0.15) is 4.90 Å². The Hall–Kier alpha value is -1.82. The van der Waals surface area contributed by atoms with Gasteiger partial charge < -0.3 is 0 Å².